The molecule has 0 saturated heterocycles. The molecule has 0 aromatic carbocycles. The number of nitrogens with two attached hydrogens (primary N) is 2. The largest absolute Gasteiger partial charge is 0.384 e. The molecule has 1 rings (SSSR count). The molecule has 0 aliphatic carbocycles. The van der Waals surface area contributed by atoms with Crippen molar-refractivity contribution in [1.29, 1.82) is 0 Å². The van der Waals surface area contributed by atoms with Crippen LogP contribution in [0, 0.1) is 0 Å². The van der Waals surface area contributed by atoms with Crippen LogP contribution in [-0.4, -0.2) is 11.5 Å². The molecule has 4 N–H and O–H groups in total. The molecule has 0 aliphatic heterocycles. The highest BCUT2D eigenvalue weighted by molar-refractivity contribution is 8.21. The predicted octanol–water partition coefficient (Wildman–Crippen LogP) is -0.753. The highest BCUT2D eigenvalue weighted by atomic mass is 32.2. The first kappa shape index (κ1) is 7.43. The minimum absolute atomic E-state index is 0.547. The van der Waals surface area contributed by atoms with E-state index < -0.39 is 0 Å². The van der Waals surface area contributed by atoms with Gasteiger partial charge in [0.05, 0.1) is 0 Å². The van der Waals surface area contributed by atoms with E-state index in [1.165, 1.54) is 11.8 Å². The van der Waals surface area contributed by atoms with Crippen molar-refractivity contribution >= 4 is 29.6 Å². The van der Waals surface area contributed by atoms with E-state index in [2.05, 4.69) is 4.98 Å². The van der Waals surface area contributed by atoms with Gasteiger partial charge in [-0.2, -0.15) is 0 Å². The number of nitrogen functional groups attached to an aromatic ring is 1. The van der Waals surface area contributed by atoms with Crippen molar-refractivity contribution < 1.29 is 0 Å². The zero-order valence-electron chi connectivity index (χ0n) is 5.45. The van der Waals surface area contributed by atoms with Crippen LogP contribution in [0.1, 0.15) is 0 Å². The fourth-order valence-electron chi connectivity index (χ4n) is 0.618. The predicted molar refractivity (Wildman–Crippen MR) is 47.2 cm³/mol. The molecule has 0 spiro atoms. The van der Waals surface area contributed by atoms with Gasteiger partial charge in [-0.15, -0.1) is 11.8 Å². The van der Waals surface area contributed by atoms with E-state index in [0.717, 1.165) is 12.0 Å². The molecule has 0 fully saturated rings. The topological polar surface area (TPSA) is 64.9 Å². The second-order valence-electron chi connectivity index (χ2n) is 1.90. The average molecular weight is 153 g/mol. The number of hydrogen-bond acceptors (Lipinski definition) is 4. The van der Waals surface area contributed by atoms with Crippen molar-refractivity contribution in [2.24, 2.45) is 5.14 Å². The van der Waals surface area contributed by atoms with Gasteiger partial charge in [0.25, 0.3) is 0 Å². The van der Waals surface area contributed by atoms with Crippen LogP contribution in [0.25, 0.3) is 0 Å². The van der Waals surface area contributed by atoms with Crippen LogP contribution in [0.3, 0.4) is 0 Å². The maximum absolute atomic E-state index is 5.37. The van der Waals surface area contributed by atoms with Crippen LogP contribution >= 0.6 is 11.8 Å². The van der Waals surface area contributed by atoms with E-state index in [1.807, 2.05) is 6.07 Å². The number of nitrogens with zero attached hydrogens (tertiary/aromatic N) is 1. The first-order chi connectivity index (χ1) is 4.83. The summed E-state index contributed by atoms with van der Waals surface area (Å²) in [6.07, 6.45) is 1.73. The minimum atomic E-state index is 0.547. The van der Waals surface area contributed by atoms with E-state index in [-0.39, 0.29) is 0 Å². The van der Waals surface area contributed by atoms with Crippen LogP contribution in [0.5, 0.6) is 0 Å². The van der Waals surface area contributed by atoms with Gasteiger partial charge in [-0.1, -0.05) is 11.5 Å². The molecule has 0 amide bonds. The van der Waals surface area contributed by atoms with Gasteiger partial charge in [-0.25, -0.2) is 4.98 Å². The van der Waals surface area contributed by atoms with E-state index in [1.54, 1.807) is 12.3 Å². The van der Waals surface area contributed by atoms with Crippen LogP contribution in [-0.2, 0) is 0 Å². The van der Waals surface area contributed by atoms with Gasteiger partial charge in [-0.05, 0) is 6.07 Å². The molecule has 0 atom stereocenters. The second kappa shape index (κ2) is 3.48. The Morgan fingerprint density at radius 1 is 1.50 bits per heavy atom. The molecule has 1 aromatic rings. The van der Waals surface area contributed by atoms with Crippen molar-refractivity contribution in [2.45, 2.75) is 0 Å². The zero-order chi connectivity index (χ0) is 7.40. The summed E-state index contributed by atoms with van der Waals surface area (Å²) in [6, 6.07) is 3.69. The molecular formula is C5H8BN3S. The average Bonchev–Trinajstić information content (AvgIpc) is 1.95. The molecule has 0 aliphatic rings. The van der Waals surface area contributed by atoms with E-state index >= 15 is 0 Å². The smallest absolute Gasteiger partial charge is 0.246 e. The SMILES string of the molecule is NSBc1ccc(N)nc1. The highest BCUT2D eigenvalue weighted by Crippen LogP contribution is 1.91. The Labute approximate surface area is 64.5 Å². The first-order valence-corrected chi connectivity index (χ1v) is 3.90. The normalized spacial score (nSPS) is 9.30. The lowest BCUT2D eigenvalue weighted by Crippen LogP contribution is -2.13. The third-order valence-corrected chi connectivity index (χ3v) is 1.60. The summed E-state index contributed by atoms with van der Waals surface area (Å²) in [6.45, 7) is 0.785. The molecule has 10 heavy (non-hydrogen) atoms. The van der Waals surface area contributed by atoms with Crippen molar-refractivity contribution in [3.63, 3.8) is 0 Å². The maximum atomic E-state index is 5.37. The lowest BCUT2D eigenvalue weighted by atomic mass is 9.97. The summed E-state index contributed by atoms with van der Waals surface area (Å²) in [5.41, 5.74) is 6.47. The summed E-state index contributed by atoms with van der Waals surface area (Å²) in [5, 5.41) is 5.26. The summed E-state index contributed by atoms with van der Waals surface area (Å²) in [5.74, 6) is 0.547. The van der Waals surface area contributed by atoms with Crippen LogP contribution in [0.2, 0.25) is 0 Å². The Morgan fingerprint density at radius 3 is 2.80 bits per heavy atom. The van der Waals surface area contributed by atoms with Gasteiger partial charge in [-0.3, -0.25) is 5.14 Å². The fourth-order valence-corrected chi connectivity index (χ4v) is 0.981. The molecule has 5 heteroatoms. The van der Waals surface area contributed by atoms with E-state index in [0.29, 0.717) is 5.82 Å². The van der Waals surface area contributed by atoms with Crippen LogP contribution in [0.15, 0.2) is 18.3 Å². The number of aromatic nitrogens is 1. The van der Waals surface area contributed by atoms with Crippen LogP contribution in [0.4, 0.5) is 5.82 Å². The Kier molecular flexibility index (Phi) is 2.59. The van der Waals surface area contributed by atoms with Gasteiger partial charge in [0, 0.05) is 6.20 Å². The third-order valence-electron chi connectivity index (χ3n) is 1.10. The van der Waals surface area contributed by atoms with Crippen molar-refractivity contribution in [3.05, 3.63) is 18.3 Å². The Balaban J connectivity index is 2.69. The monoisotopic (exact) mass is 153 g/mol. The molecular weight excluding hydrogens is 145 g/mol. The van der Waals surface area contributed by atoms with Gasteiger partial charge >= 0.3 is 0 Å². The molecule has 0 unspecified atom stereocenters. The Hall–Kier alpha value is -0.675. The standard InChI is InChI=1S/C5H8BN3S/c7-5-2-1-4(3-9-5)6-10-8/h1-3,6H,8H2,(H2,7,9). The van der Waals surface area contributed by atoms with E-state index in [9.17, 15) is 0 Å². The number of rotatable bonds is 2. The number of hydrogen-bond donors (Lipinski definition) is 2. The number of anilines is 1. The van der Waals surface area contributed by atoms with Crippen molar-refractivity contribution in [3.8, 4) is 0 Å². The summed E-state index contributed by atoms with van der Waals surface area (Å²) in [4.78, 5) is 3.91. The summed E-state index contributed by atoms with van der Waals surface area (Å²) < 4.78 is 0. The van der Waals surface area contributed by atoms with Gasteiger partial charge in [0.1, 0.15) is 5.82 Å². The molecule has 52 valence electrons. The number of pyridine rings is 1. The Morgan fingerprint density at radius 2 is 2.30 bits per heavy atom. The van der Waals surface area contributed by atoms with Gasteiger partial charge in [0.15, 0.2) is 0 Å². The molecule has 0 radical (unpaired) electrons. The minimum Gasteiger partial charge on any atom is -0.384 e. The molecule has 0 bridgehead atoms. The lowest BCUT2D eigenvalue weighted by Gasteiger charge is -1.94. The highest BCUT2D eigenvalue weighted by Gasteiger charge is 1.92. The van der Waals surface area contributed by atoms with Crippen molar-refractivity contribution in [1.82, 2.24) is 4.98 Å². The molecule has 3 nitrogen and oxygen atoms in total. The summed E-state index contributed by atoms with van der Waals surface area (Å²) >= 11 is 1.28. The quantitative estimate of drug-likeness (QED) is 0.433. The van der Waals surface area contributed by atoms with Crippen LogP contribution < -0.4 is 16.3 Å². The second-order valence-corrected chi connectivity index (χ2v) is 2.52. The zero-order valence-corrected chi connectivity index (χ0v) is 6.27. The fraction of sp³-hybridized carbons (Fsp3) is 0. The lowest BCUT2D eigenvalue weighted by molar-refractivity contribution is 1.36. The first-order valence-electron chi connectivity index (χ1n) is 2.85. The van der Waals surface area contributed by atoms with Gasteiger partial charge < -0.3 is 5.73 Å². The van der Waals surface area contributed by atoms with Crippen molar-refractivity contribution in [2.75, 3.05) is 5.73 Å². The van der Waals surface area contributed by atoms with Gasteiger partial charge in [0.2, 0.25) is 6.56 Å². The maximum Gasteiger partial charge on any atom is 0.246 e. The summed E-state index contributed by atoms with van der Waals surface area (Å²) in [7, 11) is 0. The third kappa shape index (κ3) is 1.93. The molecule has 1 heterocycles. The van der Waals surface area contributed by atoms with E-state index in [4.69, 9.17) is 10.9 Å². The Bertz CT molecular complexity index is 201. The molecule has 1 aromatic heterocycles. The molecule has 0 saturated carbocycles.